The highest BCUT2D eigenvalue weighted by atomic mass is 31.2. The third-order valence-electron chi connectivity index (χ3n) is 17.0. The fourth-order valence-electron chi connectivity index (χ4n) is 11.2. The largest absolute Gasteiger partial charge is 0.472 e. The number of unbranched alkanes of at least 4 members (excludes halogenated alkanes) is 45. The summed E-state index contributed by atoms with van der Waals surface area (Å²) in [5.74, 6) is -1.47. The van der Waals surface area contributed by atoms with E-state index in [1.54, 1.807) is 0 Å². The Hall–Kier alpha value is -1.94. The van der Waals surface area contributed by atoms with Crippen molar-refractivity contribution < 1.29 is 80.2 Å². The van der Waals surface area contributed by atoms with Gasteiger partial charge < -0.3 is 33.8 Å². The normalized spacial score (nSPS) is 14.0. The smallest absolute Gasteiger partial charge is 0.462 e. The van der Waals surface area contributed by atoms with E-state index in [-0.39, 0.29) is 25.7 Å². The standard InChI is InChI=1S/C73H142O17P2/c1-6-9-12-15-17-19-21-23-25-27-28-29-30-32-34-36-38-40-42-48-53-58-72(77)89-69(63-84-71(76)57-52-47-41-39-37-35-33-31-26-24-22-20-18-16-13-10-7-2)65-88-92(81,82)86-61-67(74)60-85-91(79,80)87-64-68(62-83-70(75)56-51-45-14-11-8-3)90-73(78)59-54-49-44-43-46-50-55-66(4)5/h66-69,74H,6-65H2,1-5H3,(H,79,80)(H,81,82)/t67-,68+,69+/m0/s1. The van der Waals surface area contributed by atoms with Gasteiger partial charge in [-0.3, -0.25) is 37.3 Å². The van der Waals surface area contributed by atoms with E-state index in [4.69, 9.17) is 37.0 Å². The van der Waals surface area contributed by atoms with Crippen LogP contribution in [0, 0.1) is 5.92 Å². The molecule has 2 unspecified atom stereocenters. The van der Waals surface area contributed by atoms with Crippen molar-refractivity contribution in [3.63, 3.8) is 0 Å². The van der Waals surface area contributed by atoms with Gasteiger partial charge in [-0.15, -0.1) is 0 Å². The molecular formula is C73H142O17P2. The summed E-state index contributed by atoms with van der Waals surface area (Å²) < 4.78 is 68.1. The molecule has 0 fully saturated rings. The molecule has 0 saturated heterocycles. The van der Waals surface area contributed by atoms with Gasteiger partial charge in [-0.05, 0) is 31.6 Å². The van der Waals surface area contributed by atoms with Gasteiger partial charge in [-0.25, -0.2) is 9.13 Å². The zero-order chi connectivity index (χ0) is 67.7. The SMILES string of the molecule is CCCCCCCCCCCCCCCCCCCCCCCC(=O)O[C@H](COC(=O)CCCCCCCCCCCCCCCCCCC)COP(=O)(O)OC[C@@H](O)COP(=O)(O)OC[C@@H](COC(=O)CCCCCCC)OC(=O)CCCCCCCCC(C)C. The molecule has 0 heterocycles. The first kappa shape index (κ1) is 90.1. The lowest BCUT2D eigenvalue weighted by Gasteiger charge is -2.21. The Morgan fingerprint density at radius 3 is 0.739 bits per heavy atom. The average Bonchev–Trinajstić information content (AvgIpc) is 3.69. The number of esters is 4. The number of rotatable bonds is 73. The van der Waals surface area contributed by atoms with E-state index in [2.05, 4.69) is 34.6 Å². The number of phosphoric ester groups is 2. The van der Waals surface area contributed by atoms with Crippen LogP contribution in [0.25, 0.3) is 0 Å². The molecule has 0 bridgehead atoms. The predicted octanol–water partition coefficient (Wildman–Crippen LogP) is 21.3. The second kappa shape index (κ2) is 66.3. The molecule has 5 atom stereocenters. The number of aliphatic hydroxyl groups excluding tert-OH is 1. The van der Waals surface area contributed by atoms with Gasteiger partial charge in [0.25, 0.3) is 0 Å². The van der Waals surface area contributed by atoms with Crippen LogP contribution in [0.4, 0.5) is 0 Å². The summed E-state index contributed by atoms with van der Waals surface area (Å²) in [5, 5.41) is 10.6. The maximum atomic E-state index is 13.1. The van der Waals surface area contributed by atoms with E-state index in [1.165, 1.54) is 199 Å². The molecule has 3 N–H and O–H groups in total. The van der Waals surface area contributed by atoms with Gasteiger partial charge in [-0.2, -0.15) is 0 Å². The molecule has 0 aliphatic rings. The van der Waals surface area contributed by atoms with Gasteiger partial charge in [-0.1, -0.05) is 330 Å². The molecule has 17 nitrogen and oxygen atoms in total. The lowest BCUT2D eigenvalue weighted by molar-refractivity contribution is -0.161. The van der Waals surface area contributed by atoms with E-state index in [1.807, 2.05) is 0 Å². The summed E-state index contributed by atoms with van der Waals surface area (Å²) in [6, 6.07) is 0. The highest BCUT2D eigenvalue weighted by molar-refractivity contribution is 7.47. The highest BCUT2D eigenvalue weighted by Gasteiger charge is 2.30. The van der Waals surface area contributed by atoms with E-state index in [0.29, 0.717) is 31.6 Å². The molecular weight excluding hydrogens is 1210 g/mol. The average molecular weight is 1350 g/mol. The summed E-state index contributed by atoms with van der Waals surface area (Å²) in [6.45, 7) is 7.08. The lowest BCUT2D eigenvalue weighted by Crippen LogP contribution is -2.30. The zero-order valence-corrected chi connectivity index (χ0v) is 61.5. The first-order chi connectivity index (χ1) is 44.5. The van der Waals surface area contributed by atoms with Gasteiger partial charge in [0, 0.05) is 25.7 Å². The van der Waals surface area contributed by atoms with Gasteiger partial charge in [0.05, 0.1) is 26.4 Å². The zero-order valence-electron chi connectivity index (χ0n) is 59.7. The Labute approximate surface area is 562 Å². The van der Waals surface area contributed by atoms with Crippen LogP contribution in [-0.4, -0.2) is 96.7 Å². The topological polar surface area (TPSA) is 237 Å². The molecule has 92 heavy (non-hydrogen) atoms. The van der Waals surface area contributed by atoms with Crippen LogP contribution in [0.2, 0.25) is 0 Å². The lowest BCUT2D eigenvalue weighted by atomic mass is 10.0. The summed E-state index contributed by atoms with van der Waals surface area (Å²) in [6.07, 6.45) is 55.0. The molecule has 0 rings (SSSR count). The first-order valence-corrected chi connectivity index (χ1v) is 41.1. The van der Waals surface area contributed by atoms with Crippen LogP contribution in [0.15, 0.2) is 0 Å². The van der Waals surface area contributed by atoms with E-state index < -0.39 is 97.5 Å². The van der Waals surface area contributed by atoms with Crippen LogP contribution in [-0.2, 0) is 65.4 Å². The van der Waals surface area contributed by atoms with Crippen molar-refractivity contribution in [3.8, 4) is 0 Å². The molecule has 0 aromatic heterocycles. The summed E-state index contributed by atoms with van der Waals surface area (Å²) in [5.41, 5.74) is 0. The summed E-state index contributed by atoms with van der Waals surface area (Å²) in [4.78, 5) is 72.3. The number of hydrogen-bond donors (Lipinski definition) is 3. The maximum absolute atomic E-state index is 13.1. The minimum Gasteiger partial charge on any atom is -0.462 e. The molecule has 0 spiro atoms. The molecule has 0 aromatic rings. The fourth-order valence-corrected chi connectivity index (χ4v) is 12.8. The Morgan fingerprint density at radius 2 is 0.500 bits per heavy atom. The number of ether oxygens (including phenoxy) is 4. The van der Waals surface area contributed by atoms with Gasteiger partial charge in [0.1, 0.15) is 19.3 Å². The van der Waals surface area contributed by atoms with Crippen molar-refractivity contribution in [1.82, 2.24) is 0 Å². The molecule has 0 amide bonds. The molecule has 19 heteroatoms. The van der Waals surface area contributed by atoms with Crippen LogP contribution < -0.4 is 0 Å². The quantitative estimate of drug-likeness (QED) is 0.0222. The van der Waals surface area contributed by atoms with Crippen molar-refractivity contribution in [2.45, 2.75) is 400 Å². The van der Waals surface area contributed by atoms with E-state index in [0.717, 1.165) is 96.3 Å². The van der Waals surface area contributed by atoms with E-state index in [9.17, 15) is 43.2 Å². The van der Waals surface area contributed by atoms with Gasteiger partial charge >= 0.3 is 39.5 Å². The summed E-state index contributed by atoms with van der Waals surface area (Å²) in [7, 11) is -9.89. The Kier molecular flexibility index (Phi) is 64.9. The number of phosphoric acid groups is 2. The van der Waals surface area contributed by atoms with Crippen LogP contribution in [0.1, 0.15) is 381 Å². The molecule has 0 aromatic carbocycles. The molecule has 0 radical (unpaired) electrons. The van der Waals surface area contributed by atoms with Crippen LogP contribution in [0.3, 0.4) is 0 Å². The Bertz CT molecular complexity index is 1770. The molecule has 546 valence electrons. The molecule has 0 saturated carbocycles. The third kappa shape index (κ3) is 66.7. The second-order valence-corrected chi connectivity index (χ2v) is 29.7. The minimum absolute atomic E-state index is 0.102. The number of carbonyl (C=O) groups is 4. The van der Waals surface area contributed by atoms with Crippen molar-refractivity contribution >= 4 is 39.5 Å². The van der Waals surface area contributed by atoms with Crippen molar-refractivity contribution in [3.05, 3.63) is 0 Å². The minimum atomic E-state index is -4.95. The second-order valence-electron chi connectivity index (χ2n) is 26.8. The van der Waals surface area contributed by atoms with Crippen molar-refractivity contribution in [2.75, 3.05) is 39.6 Å². The van der Waals surface area contributed by atoms with Gasteiger partial charge in [0.15, 0.2) is 12.2 Å². The van der Waals surface area contributed by atoms with Crippen molar-refractivity contribution in [1.29, 1.82) is 0 Å². The Morgan fingerprint density at radius 1 is 0.293 bits per heavy atom. The van der Waals surface area contributed by atoms with Crippen molar-refractivity contribution in [2.24, 2.45) is 5.92 Å². The molecule has 0 aliphatic carbocycles. The Balaban J connectivity index is 5.10. The van der Waals surface area contributed by atoms with Crippen LogP contribution >= 0.6 is 15.6 Å². The third-order valence-corrected chi connectivity index (χ3v) is 18.9. The number of hydrogen-bond acceptors (Lipinski definition) is 15. The summed E-state index contributed by atoms with van der Waals surface area (Å²) >= 11 is 0. The number of aliphatic hydroxyl groups is 1. The van der Waals surface area contributed by atoms with Gasteiger partial charge in [0.2, 0.25) is 0 Å². The molecule has 0 aliphatic heterocycles. The monoisotopic (exact) mass is 1350 g/mol. The van der Waals surface area contributed by atoms with Crippen LogP contribution in [0.5, 0.6) is 0 Å². The number of carbonyl (C=O) groups excluding carboxylic acids is 4. The maximum Gasteiger partial charge on any atom is 0.472 e. The highest BCUT2D eigenvalue weighted by Crippen LogP contribution is 2.45. The predicted molar refractivity (Wildman–Crippen MR) is 372 cm³/mol. The first-order valence-electron chi connectivity index (χ1n) is 38.1. The fraction of sp³-hybridized carbons (Fsp3) is 0.945. The van der Waals surface area contributed by atoms with E-state index >= 15 is 0 Å².